The lowest BCUT2D eigenvalue weighted by atomic mass is 10.2. The Labute approximate surface area is 146 Å². The zero-order chi connectivity index (χ0) is 14.4. The Balaban J connectivity index is 0.00000220. The molecule has 0 bridgehead atoms. The van der Waals surface area contributed by atoms with Crippen LogP contribution in [0.15, 0.2) is 21.9 Å². The van der Waals surface area contributed by atoms with Crippen LogP contribution in [0, 0.1) is 6.92 Å². The van der Waals surface area contributed by atoms with Crippen molar-refractivity contribution in [1.29, 1.82) is 0 Å². The SMILES string of the molecule is CCNCCNC(=O)Cc1nc(-c2cccs2)oc1C.Cl.Cl. The molecule has 0 fully saturated rings. The minimum absolute atomic E-state index is 0. The quantitative estimate of drug-likeness (QED) is 0.740. The first-order valence-corrected chi connectivity index (χ1v) is 7.56. The highest BCUT2D eigenvalue weighted by atomic mass is 35.5. The Morgan fingerprint density at radius 1 is 1.36 bits per heavy atom. The van der Waals surface area contributed by atoms with Gasteiger partial charge in [0.1, 0.15) is 5.76 Å². The van der Waals surface area contributed by atoms with Crippen molar-refractivity contribution in [2.75, 3.05) is 19.6 Å². The Kier molecular flexibility index (Phi) is 10.1. The van der Waals surface area contributed by atoms with Gasteiger partial charge >= 0.3 is 0 Å². The predicted molar refractivity (Wildman–Crippen MR) is 94.3 cm³/mol. The van der Waals surface area contributed by atoms with Crippen LogP contribution >= 0.6 is 36.2 Å². The highest BCUT2D eigenvalue weighted by Gasteiger charge is 2.14. The number of aromatic nitrogens is 1. The van der Waals surface area contributed by atoms with Crippen LogP contribution in [0.4, 0.5) is 0 Å². The van der Waals surface area contributed by atoms with E-state index in [1.807, 2.05) is 31.4 Å². The van der Waals surface area contributed by atoms with E-state index in [1.54, 1.807) is 11.3 Å². The summed E-state index contributed by atoms with van der Waals surface area (Å²) in [6.07, 6.45) is 0.257. The summed E-state index contributed by atoms with van der Waals surface area (Å²) in [5.41, 5.74) is 0.703. The molecule has 0 aliphatic rings. The number of hydrogen-bond acceptors (Lipinski definition) is 5. The Bertz CT molecular complexity index is 558. The number of likely N-dealkylation sites (N-methyl/N-ethyl adjacent to an activating group) is 1. The van der Waals surface area contributed by atoms with Crippen molar-refractivity contribution >= 4 is 42.1 Å². The van der Waals surface area contributed by atoms with Crippen LogP contribution in [0.5, 0.6) is 0 Å². The van der Waals surface area contributed by atoms with Gasteiger partial charge in [-0.2, -0.15) is 0 Å². The van der Waals surface area contributed by atoms with E-state index in [1.165, 1.54) is 0 Å². The topological polar surface area (TPSA) is 67.2 Å². The molecule has 2 N–H and O–H groups in total. The van der Waals surface area contributed by atoms with Crippen molar-refractivity contribution in [3.8, 4) is 10.8 Å². The average molecular weight is 366 g/mol. The first-order chi connectivity index (χ1) is 9.70. The minimum atomic E-state index is -0.0305. The molecule has 0 radical (unpaired) electrons. The van der Waals surface area contributed by atoms with Gasteiger partial charge in [-0.15, -0.1) is 36.2 Å². The fourth-order valence-corrected chi connectivity index (χ4v) is 2.43. The number of rotatable bonds is 7. The summed E-state index contributed by atoms with van der Waals surface area (Å²) in [6, 6.07) is 3.91. The summed E-state index contributed by atoms with van der Waals surface area (Å²) >= 11 is 1.57. The normalized spacial score (nSPS) is 9.73. The fourth-order valence-electron chi connectivity index (χ4n) is 1.78. The first-order valence-electron chi connectivity index (χ1n) is 6.68. The fraction of sp³-hybridized carbons (Fsp3) is 0.429. The molecule has 1 amide bonds. The maximum absolute atomic E-state index is 11.8. The van der Waals surface area contributed by atoms with Crippen molar-refractivity contribution in [3.63, 3.8) is 0 Å². The summed E-state index contributed by atoms with van der Waals surface area (Å²) in [5.74, 6) is 1.26. The number of nitrogens with one attached hydrogen (secondary N) is 2. The number of halogens is 2. The van der Waals surface area contributed by atoms with Gasteiger partial charge in [-0.05, 0) is 24.9 Å². The van der Waals surface area contributed by atoms with Crippen LogP contribution in [0.3, 0.4) is 0 Å². The van der Waals surface area contributed by atoms with Crippen molar-refractivity contribution in [1.82, 2.24) is 15.6 Å². The van der Waals surface area contributed by atoms with Crippen molar-refractivity contribution < 1.29 is 9.21 Å². The van der Waals surface area contributed by atoms with Gasteiger partial charge in [0.05, 0.1) is 17.0 Å². The Hall–Kier alpha value is -1.08. The molecule has 22 heavy (non-hydrogen) atoms. The number of amides is 1. The van der Waals surface area contributed by atoms with E-state index < -0.39 is 0 Å². The molecule has 0 saturated carbocycles. The molecule has 0 atom stereocenters. The number of carbonyl (C=O) groups excluding carboxylic acids is 1. The largest absolute Gasteiger partial charge is 0.440 e. The van der Waals surface area contributed by atoms with Gasteiger partial charge in [-0.1, -0.05) is 13.0 Å². The van der Waals surface area contributed by atoms with Gasteiger partial charge < -0.3 is 15.1 Å². The maximum atomic E-state index is 11.8. The lowest BCUT2D eigenvalue weighted by molar-refractivity contribution is -0.120. The van der Waals surface area contributed by atoms with Crippen LogP contribution < -0.4 is 10.6 Å². The van der Waals surface area contributed by atoms with E-state index in [4.69, 9.17) is 4.42 Å². The molecule has 2 heterocycles. The smallest absolute Gasteiger partial charge is 0.236 e. The number of carbonyl (C=O) groups is 1. The molecule has 2 aromatic heterocycles. The van der Waals surface area contributed by atoms with Crippen molar-refractivity contribution in [2.24, 2.45) is 0 Å². The number of hydrogen-bond donors (Lipinski definition) is 2. The van der Waals surface area contributed by atoms with Crippen LogP contribution in [0.1, 0.15) is 18.4 Å². The maximum Gasteiger partial charge on any atom is 0.236 e. The number of thiophene rings is 1. The molecular weight excluding hydrogens is 345 g/mol. The number of aryl methyl sites for hydroxylation is 1. The third-order valence-corrected chi connectivity index (χ3v) is 3.68. The molecule has 0 spiro atoms. The monoisotopic (exact) mass is 365 g/mol. The number of oxazole rings is 1. The van der Waals surface area contributed by atoms with E-state index in [0.29, 0.717) is 23.9 Å². The molecule has 2 aromatic rings. The standard InChI is InChI=1S/C14H19N3O2S.2ClH/c1-3-15-6-7-16-13(18)9-11-10(2)19-14(17-11)12-5-4-8-20-12;;/h4-5,8,15H,3,6-7,9H2,1-2H3,(H,16,18);2*1H. The average Bonchev–Trinajstić information content (AvgIpc) is 3.05. The van der Waals surface area contributed by atoms with Gasteiger partial charge in [-0.3, -0.25) is 4.79 Å². The van der Waals surface area contributed by atoms with E-state index in [2.05, 4.69) is 15.6 Å². The zero-order valence-electron chi connectivity index (χ0n) is 12.5. The van der Waals surface area contributed by atoms with Crippen LogP contribution in [-0.4, -0.2) is 30.5 Å². The van der Waals surface area contributed by atoms with Gasteiger partial charge in [0.2, 0.25) is 11.8 Å². The van der Waals surface area contributed by atoms with E-state index in [0.717, 1.165) is 18.0 Å². The van der Waals surface area contributed by atoms with Gasteiger partial charge in [0.25, 0.3) is 0 Å². The molecule has 0 aliphatic heterocycles. The molecule has 0 saturated heterocycles. The second kappa shape index (κ2) is 10.6. The summed E-state index contributed by atoms with van der Waals surface area (Å²) in [5, 5.41) is 7.98. The molecule has 0 unspecified atom stereocenters. The second-order valence-electron chi connectivity index (χ2n) is 4.38. The first kappa shape index (κ1) is 20.9. The van der Waals surface area contributed by atoms with Crippen LogP contribution in [0.25, 0.3) is 10.8 Å². The van der Waals surface area contributed by atoms with E-state index >= 15 is 0 Å². The summed E-state index contributed by atoms with van der Waals surface area (Å²) in [7, 11) is 0. The molecule has 5 nitrogen and oxygen atoms in total. The predicted octanol–water partition coefficient (Wildman–Crippen LogP) is 2.82. The summed E-state index contributed by atoms with van der Waals surface area (Å²) in [6.45, 7) is 6.18. The molecule has 2 rings (SSSR count). The molecule has 0 aliphatic carbocycles. The van der Waals surface area contributed by atoms with Crippen molar-refractivity contribution in [2.45, 2.75) is 20.3 Å². The highest BCUT2D eigenvalue weighted by Crippen LogP contribution is 2.25. The third kappa shape index (κ3) is 5.96. The van der Waals surface area contributed by atoms with Crippen LogP contribution in [-0.2, 0) is 11.2 Å². The van der Waals surface area contributed by atoms with Crippen LogP contribution in [0.2, 0.25) is 0 Å². The minimum Gasteiger partial charge on any atom is -0.440 e. The molecule has 8 heteroatoms. The molecule has 0 aromatic carbocycles. The van der Waals surface area contributed by atoms with E-state index in [9.17, 15) is 4.79 Å². The zero-order valence-corrected chi connectivity index (χ0v) is 15.0. The molecule has 124 valence electrons. The Morgan fingerprint density at radius 3 is 2.77 bits per heavy atom. The summed E-state index contributed by atoms with van der Waals surface area (Å²) in [4.78, 5) is 17.2. The molecular formula is C14H21Cl2N3O2S. The Morgan fingerprint density at radius 2 is 2.14 bits per heavy atom. The summed E-state index contributed by atoms with van der Waals surface area (Å²) < 4.78 is 5.61. The lowest BCUT2D eigenvalue weighted by Gasteiger charge is -2.04. The number of nitrogens with zero attached hydrogens (tertiary/aromatic N) is 1. The third-order valence-electron chi connectivity index (χ3n) is 2.83. The van der Waals surface area contributed by atoms with Crippen molar-refractivity contribution in [3.05, 3.63) is 29.0 Å². The van der Waals surface area contributed by atoms with E-state index in [-0.39, 0.29) is 37.1 Å². The van der Waals surface area contributed by atoms with Gasteiger partial charge in [0.15, 0.2) is 0 Å². The lowest BCUT2D eigenvalue weighted by Crippen LogP contribution is -2.32. The van der Waals surface area contributed by atoms with Gasteiger partial charge in [0, 0.05) is 13.1 Å². The second-order valence-corrected chi connectivity index (χ2v) is 5.33. The highest BCUT2D eigenvalue weighted by molar-refractivity contribution is 7.13. The van der Waals surface area contributed by atoms with Gasteiger partial charge in [-0.25, -0.2) is 4.98 Å².